The molecule has 0 saturated heterocycles. The number of sulfonamides is 1. The van der Waals surface area contributed by atoms with Gasteiger partial charge in [-0.3, -0.25) is 4.72 Å². The van der Waals surface area contributed by atoms with Crippen LogP contribution in [-0.2, 0) is 10.0 Å². The summed E-state index contributed by atoms with van der Waals surface area (Å²) >= 11 is 0. The summed E-state index contributed by atoms with van der Waals surface area (Å²) in [6.45, 7) is 2.91. The molecule has 1 aliphatic heterocycles. The van der Waals surface area contributed by atoms with Crippen LogP contribution in [0.1, 0.15) is 12.5 Å². The first-order valence-corrected chi connectivity index (χ1v) is 10.7. The smallest absolute Gasteiger partial charge is 0.261 e. The molecule has 0 radical (unpaired) electrons. The molecule has 5 nitrogen and oxygen atoms in total. The number of aliphatic imine (C=N–C) groups is 1. The number of hydrogen-bond donors (Lipinski definition) is 1. The van der Waals surface area contributed by atoms with Crippen LogP contribution in [0.25, 0.3) is 0 Å². The summed E-state index contributed by atoms with van der Waals surface area (Å²) in [5.41, 5.74) is 3.33. The minimum Gasteiger partial charge on any atom is -0.279 e. The van der Waals surface area contributed by atoms with E-state index in [-0.39, 0.29) is 4.90 Å². The van der Waals surface area contributed by atoms with E-state index in [2.05, 4.69) is 24.8 Å². The van der Waals surface area contributed by atoms with Gasteiger partial charge in [-0.2, -0.15) is 4.99 Å². The van der Waals surface area contributed by atoms with Crippen molar-refractivity contribution in [1.82, 2.24) is 4.48 Å². The van der Waals surface area contributed by atoms with Gasteiger partial charge in [0, 0.05) is 6.07 Å². The normalized spacial score (nSPS) is 18.4. The molecule has 142 valence electrons. The van der Waals surface area contributed by atoms with E-state index in [1.54, 1.807) is 36.4 Å². The molecule has 0 aliphatic carbocycles. The average molecular weight is 393 g/mol. The molecular weight excluding hydrogens is 370 g/mol. The third-order valence-corrected chi connectivity index (χ3v) is 6.59. The van der Waals surface area contributed by atoms with Crippen LogP contribution >= 0.6 is 0 Å². The zero-order valence-electron chi connectivity index (χ0n) is 15.8. The average Bonchev–Trinajstić information content (AvgIpc) is 3.02. The molecule has 0 bridgehead atoms. The topological polar surface area (TPSA) is 58.5 Å². The Labute approximate surface area is 165 Å². The molecule has 1 N–H and O–H groups in total. The Morgan fingerprint density at radius 1 is 0.893 bits per heavy atom. The second-order valence-corrected chi connectivity index (χ2v) is 8.58. The lowest BCUT2D eigenvalue weighted by atomic mass is 10.1. The van der Waals surface area contributed by atoms with Gasteiger partial charge < -0.3 is 0 Å². The first-order valence-electron chi connectivity index (χ1n) is 9.17. The summed E-state index contributed by atoms with van der Waals surface area (Å²) in [7, 11) is -1.58. The van der Waals surface area contributed by atoms with Crippen LogP contribution < -0.4 is 9.21 Å². The Balaban J connectivity index is 1.80. The van der Waals surface area contributed by atoms with E-state index in [1.165, 1.54) is 0 Å². The highest BCUT2D eigenvalue weighted by Crippen LogP contribution is 2.41. The Hall–Kier alpha value is -2.96. The summed E-state index contributed by atoms with van der Waals surface area (Å²) in [5, 5.41) is 0. The molecule has 6 heteroatoms. The number of nitrogens with zero attached hydrogens (tertiary/aromatic N) is 2. The number of hydrogen-bond acceptors (Lipinski definition) is 3. The number of fused-ring (bicyclic) bond motifs is 1. The van der Waals surface area contributed by atoms with Gasteiger partial charge >= 0.3 is 0 Å². The fourth-order valence-corrected chi connectivity index (χ4v) is 4.63. The van der Waals surface area contributed by atoms with Crippen molar-refractivity contribution in [3.63, 3.8) is 0 Å². The lowest BCUT2D eigenvalue weighted by Gasteiger charge is -2.30. The van der Waals surface area contributed by atoms with E-state index in [4.69, 9.17) is 4.99 Å². The predicted molar refractivity (Wildman–Crippen MR) is 115 cm³/mol. The maximum Gasteiger partial charge on any atom is 0.261 e. The number of benzene rings is 3. The fraction of sp³-hybridized carbons (Fsp3) is 0.136. The van der Waals surface area contributed by atoms with Gasteiger partial charge in [0.15, 0.2) is 5.69 Å². The van der Waals surface area contributed by atoms with Gasteiger partial charge in [0.2, 0.25) is 5.84 Å². The zero-order valence-corrected chi connectivity index (χ0v) is 16.6. The van der Waals surface area contributed by atoms with E-state index in [0.717, 1.165) is 29.3 Å². The molecule has 0 aromatic heterocycles. The van der Waals surface area contributed by atoms with Gasteiger partial charge in [-0.25, -0.2) is 12.9 Å². The largest absolute Gasteiger partial charge is 0.279 e. The van der Waals surface area contributed by atoms with Crippen molar-refractivity contribution in [2.24, 2.45) is 4.99 Å². The lowest BCUT2D eigenvalue weighted by molar-refractivity contribution is 0.528. The molecule has 1 heterocycles. The van der Waals surface area contributed by atoms with Gasteiger partial charge in [-0.05, 0) is 37.3 Å². The molecule has 4 rings (SSSR count). The molecule has 1 aliphatic rings. The summed E-state index contributed by atoms with van der Waals surface area (Å²) < 4.78 is 29.0. The van der Waals surface area contributed by atoms with Gasteiger partial charge in [0.25, 0.3) is 10.0 Å². The highest BCUT2D eigenvalue weighted by Gasteiger charge is 2.40. The first-order chi connectivity index (χ1) is 13.5. The van der Waals surface area contributed by atoms with Crippen LogP contribution in [0.5, 0.6) is 0 Å². The second kappa shape index (κ2) is 6.89. The fourth-order valence-electron chi connectivity index (χ4n) is 3.53. The highest BCUT2D eigenvalue weighted by molar-refractivity contribution is 7.92. The Morgan fingerprint density at radius 3 is 2.29 bits per heavy atom. The van der Waals surface area contributed by atoms with Crippen LogP contribution in [0.15, 0.2) is 88.8 Å². The minimum absolute atomic E-state index is 0.231. The number of nitrogens with one attached hydrogen (secondary N) is 1. The molecule has 0 spiro atoms. The van der Waals surface area contributed by atoms with E-state index in [1.807, 2.05) is 36.4 Å². The maximum atomic E-state index is 12.9. The van der Waals surface area contributed by atoms with Gasteiger partial charge in [-0.15, -0.1) is 0 Å². The van der Waals surface area contributed by atoms with Crippen LogP contribution in [0.4, 0.5) is 17.1 Å². The Kier molecular flexibility index (Phi) is 4.53. The van der Waals surface area contributed by atoms with Crippen molar-refractivity contribution in [3.8, 4) is 0 Å². The van der Waals surface area contributed by atoms with Gasteiger partial charge in [0.1, 0.15) is 5.69 Å². The Morgan fingerprint density at radius 2 is 1.54 bits per heavy atom. The van der Waals surface area contributed by atoms with Crippen LogP contribution in [0, 0.1) is 0 Å². The first kappa shape index (κ1) is 18.4. The van der Waals surface area contributed by atoms with Crippen LogP contribution in [0.3, 0.4) is 0 Å². The summed E-state index contributed by atoms with van der Waals surface area (Å²) in [5.74, 6) is 0.829. The molecule has 3 aromatic carbocycles. The van der Waals surface area contributed by atoms with Gasteiger partial charge in [-0.1, -0.05) is 42.5 Å². The van der Waals surface area contributed by atoms with Gasteiger partial charge in [0.05, 0.1) is 29.7 Å². The second-order valence-electron chi connectivity index (χ2n) is 6.90. The molecular formula is C22H22N3O2S+. The molecule has 0 saturated carbocycles. The van der Waals surface area contributed by atoms with Crippen molar-refractivity contribution in [2.75, 3.05) is 18.3 Å². The lowest BCUT2D eigenvalue weighted by Crippen LogP contribution is -2.49. The standard InChI is InChI=1S/C22H22N3O2S/c1-3-25(2)21-16-10-9-15-20(21)23-22(25)18-13-7-8-14-19(18)24-28(26,27)17-11-5-4-6-12-17/h4-16,24H,3H2,1-2H3/q+1. The minimum atomic E-state index is -3.69. The number of anilines is 1. The van der Waals surface area contributed by atoms with E-state index >= 15 is 0 Å². The third kappa shape index (κ3) is 3.00. The quantitative estimate of drug-likeness (QED) is 0.648. The summed E-state index contributed by atoms with van der Waals surface area (Å²) in [6, 6.07) is 23.8. The monoisotopic (exact) mass is 392 g/mol. The molecule has 1 atom stereocenters. The molecule has 28 heavy (non-hydrogen) atoms. The van der Waals surface area contributed by atoms with Crippen molar-refractivity contribution in [1.29, 1.82) is 0 Å². The number of amidine groups is 1. The number of para-hydroxylation sites is 3. The maximum absolute atomic E-state index is 12.9. The van der Waals surface area contributed by atoms with Crippen molar-refractivity contribution < 1.29 is 8.42 Å². The molecule has 1 unspecified atom stereocenters. The third-order valence-electron chi connectivity index (χ3n) is 5.21. The van der Waals surface area contributed by atoms with Crippen LogP contribution in [-0.4, -0.2) is 27.8 Å². The SMILES string of the molecule is CC[N+]1(C)C(c2ccccc2NS(=O)(=O)c2ccccc2)=Nc2ccccc21. The van der Waals surface area contributed by atoms with Crippen molar-refractivity contribution in [3.05, 3.63) is 84.4 Å². The van der Waals surface area contributed by atoms with Crippen LogP contribution in [0.2, 0.25) is 0 Å². The summed E-state index contributed by atoms with van der Waals surface area (Å²) in [6.07, 6.45) is 0. The number of quaternary nitrogens is 1. The Bertz CT molecular complexity index is 1160. The predicted octanol–water partition coefficient (Wildman–Crippen LogP) is 4.54. The molecule has 0 fully saturated rings. The van der Waals surface area contributed by atoms with E-state index in [0.29, 0.717) is 10.2 Å². The van der Waals surface area contributed by atoms with E-state index < -0.39 is 10.0 Å². The van der Waals surface area contributed by atoms with Crippen molar-refractivity contribution >= 4 is 32.9 Å². The highest BCUT2D eigenvalue weighted by atomic mass is 32.2. The van der Waals surface area contributed by atoms with E-state index in [9.17, 15) is 8.42 Å². The zero-order chi connectivity index (χ0) is 19.8. The van der Waals surface area contributed by atoms with Crippen molar-refractivity contribution in [2.45, 2.75) is 11.8 Å². The molecule has 3 aromatic rings. The summed E-state index contributed by atoms with van der Waals surface area (Å²) in [4.78, 5) is 5.09. The number of rotatable bonds is 5. The molecule has 0 amide bonds.